The highest BCUT2D eigenvalue weighted by Crippen LogP contribution is 2.24. The Morgan fingerprint density at radius 2 is 1.80 bits per heavy atom. The number of nitrogens with one attached hydrogen (secondary N) is 2. The maximum absolute atomic E-state index is 4.49. The van der Waals surface area contributed by atoms with Crippen molar-refractivity contribution in [2.75, 3.05) is 17.2 Å². The summed E-state index contributed by atoms with van der Waals surface area (Å²) in [6.45, 7) is 10.2. The second-order valence-electron chi connectivity index (χ2n) is 7.16. The fraction of sp³-hybridized carbons (Fsp3) is 0.421. The largest absolute Gasteiger partial charge is 0.385 e. The first-order valence-corrected chi connectivity index (χ1v) is 8.75. The average Bonchev–Trinajstić information content (AvgIpc) is 3.04. The Bertz CT molecular complexity index is 829. The van der Waals surface area contributed by atoms with Crippen LogP contribution in [0.3, 0.4) is 0 Å². The molecule has 0 radical (unpaired) electrons. The third-order valence-corrected chi connectivity index (χ3v) is 3.99. The van der Waals surface area contributed by atoms with Gasteiger partial charge in [0.05, 0.1) is 17.1 Å². The summed E-state index contributed by atoms with van der Waals surface area (Å²) in [5.41, 5.74) is 3.09. The smallest absolute Gasteiger partial charge is 0.163 e. The van der Waals surface area contributed by atoms with Crippen LogP contribution in [-0.4, -0.2) is 26.3 Å². The fourth-order valence-electron chi connectivity index (χ4n) is 2.67. The first-order valence-electron chi connectivity index (χ1n) is 8.75. The van der Waals surface area contributed by atoms with Gasteiger partial charge in [-0.1, -0.05) is 19.1 Å². The molecule has 2 aromatic heterocycles. The van der Waals surface area contributed by atoms with E-state index in [9.17, 15) is 0 Å². The molecule has 0 spiro atoms. The van der Waals surface area contributed by atoms with Crippen LogP contribution in [0.15, 0.2) is 36.8 Å². The maximum Gasteiger partial charge on any atom is 0.163 e. The molecule has 25 heavy (non-hydrogen) atoms. The van der Waals surface area contributed by atoms with Crippen molar-refractivity contribution in [2.24, 2.45) is 0 Å². The molecule has 0 aliphatic heterocycles. The van der Waals surface area contributed by atoms with E-state index < -0.39 is 0 Å². The predicted octanol–water partition coefficient (Wildman–Crippen LogP) is 4.02. The van der Waals surface area contributed by atoms with Crippen LogP contribution < -0.4 is 10.6 Å². The first kappa shape index (κ1) is 17.2. The van der Waals surface area contributed by atoms with Gasteiger partial charge in [-0.05, 0) is 44.9 Å². The van der Waals surface area contributed by atoms with Crippen LogP contribution in [-0.2, 0) is 12.1 Å². The Hall–Kier alpha value is -2.63. The Morgan fingerprint density at radius 1 is 1.04 bits per heavy atom. The van der Waals surface area contributed by atoms with Gasteiger partial charge in [0.1, 0.15) is 12.1 Å². The van der Waals surface area contributed by atoms with Crippen molar-refractivity contribution >= 4 is 22.5 Å². The molecular formula is C19H26N6. The molecule has 0 aliphatic rings. The van der Waals surface area contributed by atoms with Gasteiger partial charge in [-0.15, -0.1) is 0 Å². The second kappa shape index (κ2) is 7.09. The second-order valence-corrected chi connectivity index (χ2v) is 7.16. The van der Waals surface area contributed by atoms with Gasteiger partial charge >= 0.3 is 0 Å². The zero-order valence-corrected chi connectivity index (χ0v) is 15.4. The van der Waals surface area contributed by atoms with E-state index in [0.29, 0.717) is 6.54 Å². The predicted molar refractivity (Wildman–Crippen MR) is 103 cm³/mol. The molecule has 3 rings (SSSR count). The minimum atomic E-state index is -0.116. The lowest BCUT2D eigenvalue weighted by molar-refractivity contribution is 0.366. The quantitative estimate of drug-likeness (QED) is 0.710. The van der Waals surface area contributed by atoms with Crippen molar-refractivity contribution in [2.45, 2.75) is 46.2 Å². The average molecular weight is 338 g/mol. The molecule has 132 valence electrons. The molecule has 0 aliphatic carbocycles. The summed E-state index contributed by atoms with van der Waals surface area (Å²) >= 11 is 0. The molecule has 0 saturated heterocycles. The number of fused-ring (bicyclic) bond motifs is 1. The molecule has 0 saturated carbocycles. The molecule has 0 atom stereocenters. The van der Waals surface area contributed by atoms with Crippen LogP contribution in [0.1, 0.15) is 39.7 Å². The minimum absolute atomic E-state index is 0.116. The van der Waals surface area contributed by atoms with Gasteiger partial charge in [0, 0.05) is 18.8 Å². The van der Waals surface area contributed by atoms with Crippen molar-refractivity contribution < 1.29 is 0 Å². The van der Waals surface area contributed by atoms with Crippen molar-refractivity contribution in [1.29, 1.82) is 0 Å². The van der Waals surface area contributed by atoms with E-state index in [1.54, 1.807) is 6.33 Å². The van der Waals surface area contributed by atoms with Crippen molar-refractivity contribution in [1.82, 2.24) is 19.7 Å². The summed E-state index contributed by atoms with van der Waals surface area (Å²) < 4.78 is 1.93. The van der Waals surface area contributed by atoms with Crippen LogP contribution in [0.2, 0.25) is 0 Å². The monoisotopic (exact) mass is 338 g/mol. The minimum Gasteiger partial charge on any atom is -0.385 e. The first-order chi connectivity index (χ1) is 12.0. The van der Waals surface area contributed by atoms with Gasteiger partial charge in [-0.3, -0.25) is 0 Å². The molecule has 6 nitrogen and oxygen atoms in total. The number of anilines is 2. The molecule has 2 N–H and O–H groups in total. The molecule has 6 heteroatoms. The molecular weight excluding hydrogens is 312 g/mol. The van der Waals surface area contributed by atoms with Crippen LogP contribution in [0.5, 0.6) is 0 Å². The van der Waals surface area contributed by atoms with Crippen LogP contribution in [0, 0.1) is 0 Å². The van der Waals surface area contributed by atoms with Crippen LogP contribution in [0.4, 0.5) is 11.5 Å². The number of nitrogens with zero attached hydrogens (tertiary/aromatic N) is 4. The molecule has 3 aromatic rings. The lowest BCUT2D eigenvalue weighted by Crippen LogP contribution is -2.23. The highest BCUT2D eigenvalue weighted by molar-refractivity contribution is 5.86. The Labute approximate surface area is 148 Å². The van der Waals surface area contributed by atoms with Gasteiger partial charge in [-0.25, -0.2) is 14.6 Å². The topological polar surface area (TPSA) is 67.7 Å². The molecule has 0 amide bonds. The van der Waals surface area contributed by atoms with E-state index in [1.165, 1.54) is 5.56 Å². The van der Waals surface area contributed by atoms with E-state index in [0.717, 1.165) is 35.5 Å². The zero-order valence-electron chi connectivity index (χ0n) is 15.4. The summed E-state index contributed by atoms with van der Waals surface area (Å²) in [7, 11) is 0. The third kappa shape index (κ3) is 3.90. The van der Waals surface area contributed by atoms with Gasteiger partial charge < -0.3 is 10.6 Å². The maximum atomic E-state index is 4.49. The number of aromatic nitrogens is 4. The third-order valence-electron chi connectivity index (χ3n) is 3.99. The van der Waals surface area contributed by atoms with Crippen molar-refractivity contribution in [3.8, 4) is 0 Å². The van der Waals surface area contributed by atoms with Gasteiger partial charge in [0.15, 0.2) is 5.65 Å². The van der Waals surface area contributed by atoms with E-state index in [1.807, 2.05) is 10.9 Å². The van der Waals surface area contributed by atoms with E-state index in [-0.39, 0.29) is 5.54 Å². The molecule has 0 fully saturated rings. The van der Waals surface area contributed by atoms with E-state index in [2.05, 4.69) is 77.7 Å². The SMILES string of the molecule is CCCNc1ccc(CNc2ncnc3c2cnn3C(C)(C)C)cc1. The molecule has 0 bridgehead atoms. The van der Waals surface area contributed by atoms with Crippen LogP contribution >= 0.6 is 0 Å². The summed E-state index contributed by atoms with van der Waals surface area (Å²) in [6.07, 6.45) is 4.54. The van der Waals surface area contributed by atoms with Crippen molar-refractivity contribution in [3.63, 3.8) is 0 Å². The number of hydrogen-bond acceptors (Lipinski definition) is 5. The van der Waals surface area contributed by atoms with Crippen molar-refractivity contribution in [3.05, 3.63) is 42.4 Å². The van der Waals surface area contributed by atoms with Gasteiger partial charge in [-0.2, -0.15) is 5.10 Å². The molecule has 0 unspecified atom stereocenters. The highest BCUT2D eigenvalue weighted by atomic mass is 15.3. The normalized spacial score (nSPS) is 11.7. The summed E-state index contributed by atoms with van der Waals surface area (Å²) in [5.74, 6) is 0.814. The Morgan fingerprint density at radius 3 is 2.48 bits per heavy atom. The van der Waals surface area contributed by atoms with E-state index in [4.69, 9.17) is 0 Å². The van der Waals surface area contributed by atoms with Crippen LogP contribution in [0.25, 0.3) is 11.0 Å². The molecule has 2 heterocycles. The Kier molecular flexibility index (Phi) is 4.88. The highest BCUT2D eigenvalue weighted by Gasteiger charge is 2.19. The zero-order chi connectivity index (χ0) is 17.9. The fourth-order valence-corrected chi connectivity index (χ4v) is 2.67. The standard InChI is InChI=1S/C19H26N6/c1-5-10-20-15-8-6-14(7-9-15)11-21-17-16-12-24-25(19(2,3)4)18(16)23-13-22-17/h6-9,12-13,20H,5,10-11H2,1-4H3,(H,21,22,23). The summed E-state index contributed by atoms with van der Waals surface area (Å²) in [6, 6.07) is 8.48. The lowest BCUT2D eigenvalue weighted by atomic mass is 10.1. The molecule has 1 aromatic carbocycles. The number of benzene rings is 1. The summed E-state index contributed by atoms with van der Waals surface area (Å²) in [4.78, 5) is 8.79. The Balaban J connectivity index is 1.74. The summed E-state index contributed by atoms with van der Waals surface area (Å²) in [5, 5.41) is 12.2. The lowest BCUT2D eigenvalue weighted by Gasteiger charge is -2.19. The van der Waals surface area contributed by atoms with E-state index >= 15 is 0 Å². The number of hydrogen-bond donors (Lipinski definition) is 2. The van der Waals surface area contributed by atoms with Gasteiger partial charge in [0.25, 0.3) is 0 Å². The number of rotatable bonds is 6. The van der Waals surface area contributed by atoms with Gasteiger partial charge in [0.2, 0.25) is 0 Å².